The quantitative estimate of drug-likeness (QED) is 0.867. The third-order valence-corrected chi connectivity index (χ3v) is 3.09. The number of aryl methyl sites for hydroxylation is 2. The summed E-state index contributed by atoms with van der Waals surface area (Å²) >= 11 is 1.54. The Kier molecular flexibility index (Phi) is 2.70. The fourth-order valence-corrected chi connectivity index (χ4v) is 2.20. The molecule has 1 N–H and O–H groups in total. The maximum Gasteiger partial charge on any atom is 0.339 e. The molecule has 2 aromatic rings. The van der Waals surface area contributed by atoms with Crippen LogP contribution in [0, 0.1) is 13.8 Å². The van der Waals surface area contributed by atoms with Gasteiger partial charge in [-0.3, -0.25) is 0 Å². The first-order valence-electron chi connectivity index (χ1n) is 4.72. The van der Waals surface area contributed by atoms with E-state index in [1.54, 1.807) is 13.8 Å². The summed E-state index contributed by atoms with van der Waals surface area (Å²) in [5, 5.41) is 10.9. The smallest absolute Gasteiger partial charge is 0.339 e. The number of carboxylic acids is 1. The average molecular weight is 234 g/mol. The molecule has 0 saturated carbocycles. The van der Waals surface area contributed by atoms with Gasteiger partial charge in [0.05, 0.1) is 16.3 Å². The van der Waals surface area contributed by atoms with Crippen molar-refractivity contribution in [3.8, 4) is 10.7 Å². The summed E-state index contributed by atoms with van der Waals surface area (Å²) < 4.78 is 0. The summed E-state index contributed by atoms with van der Waals surface area (Å²) in [6, 6.07) is 3.83. The van der Waals surface area contributed by atoms with Gasteiger partial charge < -0.3 is 5.11 Å². The Balaban J connectivity index is 2.58. The second-order valence-electron chi connectivity index (χ2n) is 3.38. The molecule has 0 amide bonds. The van der Waals surface area contributed by atoms with E-state index in [4.69, 9.17) is 5.11 Å². The highest BCUT2D eigenvalue weighted by Crippen LogP contribution is 2.23. The number of aromatic carboxylic acids is 1. The fraction of sp³-hybridized carbons (Fsp3) is 0.182. The van der Waals surface area contributed by atoms with Crippen molar-refractivity contribution < 1.29 is 9.90 Å². The van der Waals surface area contributed by atoms with Crippen LogP contribution in [0.25, 0.3) is 10.7 Å². The first-order chi connectivity index (χ1) is 7.59. The van der Waals surface area contributed by atoms with Crippen LogP contribution < -0.4 is 0 Å². The molecule has 0 bridgehead atoms. The van der Waals surface area contributed by atoms with Gasteiger partial charge in [0.15, 0.2) is 5.82 Å². The van der Waals surface area contributed by atoms with Crippen molar-refractivity contribution >= 4 is 17.3 Å². The lowest BCUT2D eigenvalue weighted by molar-refractivity contribution is 0.0694. The number of carbonyl (C=O) groups is 1. The van der Waals surface area contributed by atoms with Gasteiger partial charge in [-0.05, 0) is 25.3 Å². The van der Waals surface area contributed by atoms with Crippen LogP contribution in [0.2, 0.25) is 0 Å². The highest BCUT2D eigenvalue weighted by molar-refractivity contribution is 7.13. The Labute approximate surface area is 96.6 Å². The lowest BCUT2D eigenvalue weighted by Crippen LogP contribution is -2.08. The van der Waals surface area contributed by atoms with Crippen LogP contribution in [0.4, 0.5) is 0 Å². The molecule has 4 nitrogen and oxygen atoms in total. The molecule has 0 spiro atoms. The van der Waals surface area contributed by atoms with Gasteiger partial charge in [-0.1, -0.05) is 6.07 Å². The van der Waals surface area contributed by atoms with Crippen LogP contribution >= 0.6 is 11.3 Å². The molecule has 2 heterocycles. The van der Waals surface area contributed by atoms with Crippen LogP contribution in [-0.2, 0) is 0 Å². The van der Waals surface area contributed by atoms with Crippen LogP contribution in [0.3, 0.4) is 0 Å². The van der Waals surface area contributed by atoms with Crippen molar-refractivity contribution in [2.75, 3.05) is 0 Å². The molecular weight excluding hydrogens is 224 g/mol. The van der Waals surface area contributed by atoms with Crippen LogP contribution in [0.1, 0.15) is 21.7 Å². The Hall–Kier alpha value is -1.75. The van der Waals surface area contributed by atoms with Crippen molar-refractivity contribution in [3.63, 3.8) is 0 Å². The predicted molar refractivity (Wildman–Crippen MR) is 61.8 cm³/mol. The minimum atomic E-state index is -0.979. The van der Waals surface area contributed by atoms with Gasteiger partial charge >= 0.3 is 5.97 Å². The summed E-state index contributed by atoms with van der Waals surface area (Å²) in [5.74, 6) is -0.386. The first-order valence-corrected chi connectivity index (χ1v) is 5.60. The minimum Gasteiger partial charge on any atom is -0.478 e. The van der Waals surface area contributed by atoms with Gasteiger partial charge in [0.1, 0.15) is 5.56 Å². The molecule has 0 aliphatic rings. The Bertz CT molecular complexity index is 512. The molecule has 2 rings (SSSR count). The topological polar surface area (TPSA) is 63.1 Å². The van der Waals surface area contributed by atoms with Gasteiger partial charge in [0, 0.05) is 0 Å². The molecule has 0 aliphatic heterocycles. The Morgan fingerprint density at radius 3 is 2.38 bits per heavy atom. The van der Waals surface area contributed by atoms with Crippen molar-refractivity contribution in [1.29, 1.82) is 0 Å². The number of nitrogens with zero attached hydrogens (tertiary/aromatic N) is 2. The maximum atomic E-state index is 11.0. The normalized spacial score (nSPS) is 10.4. The van der Waals surface area contributed by atoms with E-state index in [1.165, 1.54) is 11.3 Å². The zero-order valence-electron chi connectivity index (χ0n) is 8.89. The number of rotatable bonds is 2. The van der Waals surface area contributed by atoms with Gasteiger partial charge in [0.25, 0.3) is 0 Å². The Morgan fingerprint density at radius 1 is 1.31 bits per heavy atom. The second kappa shape index (κ2) is 4.02. The van der Waals surface area contributed by atoms with Crippen LogP contribution in [-0.4, -0.2) is 21.0 Å². The molecule has 5 heteroatoms. The SMILES string of the molecule is Cc1nc(-c2cccs2)nc(C)c1C(=O)O. The van der Waals surface area contributed by atoms with Crippen LogP contribution in [0.5, 0.6) is 0 Å². The van der Waals surface area contributed by atoms with Gasteiger partial charge in [0.2, 0.25) is 0 Å². The summed E-state index contributed by atoms with van der Waals surface area (Å²) in [5.41, 5.74) is 1.20. The molecule has 0 atom stereocenters. The molecule has 0 fully saturated rings. The number of aromatic nitrogens is 2. The third-order valence-electron chi connectivity index (χ3n) is 2.23. The summed E-state index contributed by atoms with van der Waals surface area (Å²) in [6.07, 6.45) is 0. The third kappa shape index (κ3) is 1.81. The van der Waals surface area contributed by atoms with Gasteiger partial charge in [-0.15, -0.1) is 11.3 Å². The van der Waals surface area contributed by atoms with E-state index >= 15 is 0 Å². The second-order valence-corrected chi connectivity index (χ2v) is 4.32. The van der Waals surface area contributed by atoms with Crippen molar-refractivity contribution in [2.45, 2.75) is 13.8 Å². The summed E-state index contributed by atoms with van der Waals surface area (Å²) in [4.78, 5) is 20.3. The average Bonchev–Trinajstić information content (AvgIpc) is 2.67. The van der Waals surface area contributed by atoms with E-state index < -0.39 is 5.97 Å². The minimum absolute atomic E-state index is 0.195. The molecule has 0 saturated heterocycles. The van der Waals surface area contributed by atoms with E-state index in [1.807, 2.05) is 17.5 Å². The Morgan fingerprint density at radius 2 is 1.94 bits per heavy atom. The standard InChI is InChI=1S/C11H10N2O2S/c1-6-9(11(14)15)7(2)13-10(12-6)8-4-3-5-16-8/h3-5H,1-2H3,(H,14,15). The van der Waals surface area contributed by atoms with Crippen LogP contribution in [0.15, 0.2) is 17.5 Å². The molecule has 0 radical (unpaired) electrons. The maximum absolute atomic E-state index is 11.0. The number of thiophene rings is 1. The monoisotopic (exact) mass is 234 g/mol. The van der Waals surface area contributed by atoms with E-state index in [0.717, 1.165) is 4.88 Å². The summed E-state index contributed by atoms with van der Waals surface area (Å²) in [6.45, 7) is 3.38. The number of hydrogen-bond acceptors (Lipinski definition) is 4. The predicted octanol–water partition coefficient (Wildman–Crippen LogP) is 2.52. The molecule has 16 heavy (non-hydrogen) atoms. The molecule has 82 valence electrons. The van der Waals surface area contributed by atoms with E-state index in [2.05, 4.69) is 9.97 Å². The zero-order valence-corrected chi connectivity index (χ0v) is 9.71. The molecule has 2 aromatic heterocycles. The lowest BCUT2D eigenvalue weighted by atomic mass is 10.2. The van der Waals surface area contributed by atoms with Crippen molar-refractivity contribution in [2.24, 2.45) is 0 Å². The molecule has 0 aliphatic carbocycles. The first kappa shape index (κ1) is 10.8. The van der Waals surface area contributed by atoms with Gasteiger partial charge in [-0.25, -0.2) is 14.8 Å². The number of hydrogen-bond donors (Lipinski definition) is 1. The highest BCUT2D eigenvalue weighted by Gasteiger charge is 2.15. The van der Waals surface area contributed by atoms with Crippen molar-refractivity contribution in [1.82, 2.24) is 9.97 Å². The zero-order chi connectivity index (χ0) is 11.7. The summed E-state index contributed by atoms with van der Waals surface area (Å²) in [7, 11) is 0. The molecule has 0 unspecified atom stereocenters. The molecule has 0 aromatic carbocycles. The fourth-order valence-electron chi connectivity index (χ4n) is 1.54. The van der Waals surface area contributed by atoms with Crippen molar-refractivity contribution in [3.05, 3.63) is 34.5 Å². The highest BCUT2D eigenvalue weighted by atomic mass is 32.1. The molecular formula is C11H10N2O2S. The number of carboxylic acid groups (broad SMARTS) is 1. The lowest BCUT2D eigenvalue weighted by Gasteiger charge is -2.05. The largest absolute Gasteiger partial charge is 0.478 e. The van der Waals surface area contributed by atoms with E-state index in [-0.39, 0.29) is 5.56 Å². The van der Waals surface area contributed by atoms with E-state index in [9.17, 15) is 4.79 Å². The van der Waals surface area contributed by atoms with Gasteiger partial charge in [-0.2, -0.15) is 0 Å². The van der Waals surface area contributed by atoms with E-state index in [0.29, 0.717) is 17.2 Å².